The molecule has 192 valence electrons. The number of carbonyl (C=O) groups is 2. The molecule has 0 bridgehead atoms. The van der Waals surface area contributed by atoms with E-state index in [1.54, 1.807) is 6.20 Å². The lowest BCUT2D eigenvalue weighted by molar-refractivity contribution is -0.889. The predicted molar refractivity (Wildman–Crippen MR) is 145 cm³/mol. The number of quaternary nitrogens is 1. The van der Waals surface area contributed by atoms with E-state index < -0.39 is 12.1 Å². The molecule has 0 saturated carbocycles. The Hall–Kier alpha value is -3.13. The largest absolute Gasteiger partial charge is 0.345 e. The summed E-state index contributed by atoms with van der Waals surface area (Å²) in [7, 11) is 4.25. The van der Waals surface area contributed by atoms with Crippen molar-refractivity contribution in [1.82, 2.24) is 10.3 Å². The van der Waals surface area contributed by atoms with Crippen LogP contribution in [0.5, 0.6) is 0 Å². The summed E-state index contributed by atoms with van der Waals surface area (Å²) in [5.41, 5.74) is 14.8. The average Bonchev–Trinajstić information content (AvgIpc) is 2.86. The number of carbonyl (C=O) groups excluding carboxylic acids is 2. The number of aryl methyl sites for hydroxylation is 1. The van der Waals surface area contributed by atoms with Gasteiger partial charge in [-0.2, -0.15) is 0 Å². The van der Waals surface area contributed by atoms with Crippen molar-refractivity contribution in [2.75, 3.05) is 33.7 Å². The standard InChI is InChI=1S/C29H39N5O2/c1-34(2,18-16-30)17-8-12-25(31)29(36)33-27(15-14-22-9-4-3-5-10-22)28(35)20-23-19-24-11-6-7-13-26(24)32-21-23/h3-7,9-11,13,19,21,25,27H,8,12,14-18,20,30-31H2,1-2H3/p+1/t25-,27+/m0/s1. The minimum Gasteiger partial charge on any atom is -0.345 e. The second kappa shape index (κ2) is 13.3. The molecule has 0 saturated heterocycles. The van der Waals surface area contributed by atoms with Crippen LogP contribution < -0.4 is 16.8 Å². The number of likely N-dealkylation sites (N-methyl/N-ethyl adjacent to an activating group) is 1. The molecule has 7 heteroatoms. The smallest absolute Gasteiger partial charge is 0.237 e. The number of nitrogens with one attached hydrogen (secondary N) is 1. The van der Waals surface area contributed by atoms with E-state index in [4.69, 9.17) is 11.5 Å². The Morgan fingerprint density at radius 2 is 1.69 bits per heavy atom. The maximum Gasteiger partial charge on any atom is 0.237 e. The van der Waals surface area contributed by atoms with E-state index >= 15 is 0 Å². The number of rotatable bonds is 14. The highest BCUT2D eigenvalue weighted by atomic mass is 16.2. The zero-order valence-corrected chi connectivity index (χ0v) is 21.5. The van der Waals surface area contributed by atoms with Crippen molar-refractivity contribution in [2.45, 2.75) is 44.2 Å². The Kier molecular flexibility index (Phi) is 10.1. The minimum atomic E-state index is -0.655. The Morgan fingerprint density at radius 3 is 2.44 bits per heavy atom. The molecule has 0 aliphatic carbocycles. The number of nitrogens with zero attached hydrogens (tertiary/aromatic N) is 2. The molecule has 0 aliphatic rings. The molecule has 36 heavy (non-hydrogen) atoms. The molecule has 0 radical (unpaired) electrons. The van der Waals surface area contributed by atoms with Gasteiger partial charge in [0, 0.05) is 24.5 Å². The fourth-order valence-corrected chi connectivity index (χ4v) is 4.42. The summed E-state index contributed by atoms with van der Waals surface area (Å²) < 4.78 is 0.794. The van der Waals surface area contributed by atoms with Gasteiger partial charge in [-0.05, 0) is 48.9 Å². The number of Topliss-reactive ketones (excluding diaryl/α,β-unsaturated/α-hetero) is 1. The zero-order valence-electron chi connectivity index (χ0n) is 21.5. The third-order valence-electron chi connectivity index (χ3n) is 6.64. The van der Waals surface area contributed by atoms with Gasteiger partial charge in [0.1, 0.15) is 0 Å². The molecule has 3 aromatic rings. The molecule has 1 aromatic heterocycles. The quantitative estimate of drug-likeness (QED) is 0.301. The van der Waals surface area contributed by atoms with E-state index in [0.717, 1.165) is 46.0 Å². The van der Waals surface area contributed by atoms with Crippen LogP contribution in [0.15, 0.2) is 66.9 Å². The summed E-state index contributed by atoms with van der Waals surface area (Å²) in [4.78, 5) is 30.8. The first-order valence-corrected chi connectivity index (χ1v) is 12.8. The van der Waals surface area contributed by atoms with Crippen molar-refractivity contribution in [3.63, 3.8) is 0 Å². The van der Waals surface area contributed by atoms with Crippen molar-refractivity contribution in [1.29, 1.82) is 0 Å². The van der Waals surface area contributed by atoms with Gasteiger partial charge < -0.3 is 21.3 Å². The first-order chi connectivity index (χ1) is 17.3. The van der Waals surface area contributed by atoms with E-state index in [1.807, 2.05) is 60.7 Å². The molecule has 0 aliphatic heterocycles. The second-order valence-corrected chi connectivity index (χ2v) is 10.2. The predicted octanol–water partition coefficient (Wildman–Crippen LogP) is 2.61. The van der Waals surface area contributed by atoms with Crippen molar-refractivity contribution >= 4 is 22.6 Å². The summed E-state index contributed by atoms with van der Waals surface area (Å²) in [5, 5.41) is 3.95. The summed E-state index contributed by atoms with van der Waals surface area (Å²) in [6.07, 6.45) is 4.52. The molecule has 2 aromatic carbocycles. The highest BCUT2D eigenvalue weighted by molar-refractivity contribution is 5.92. The Balaban J connectivity index is 1.64. The van der Waals surface area contributed by atoms with Gasteiger partial charge in [-0.3, -0.25) is 14.6 Å². The van der Waals surface area contributed by atoms with Gasteiger partial charge in [0.05, 0.1) is 44.8 Å². The van der Waals surface area contributed by atoms with Gasteiger partial charge >= 0.3 is 0 Å². The molecular weight excluding hydrogens is 450 g/mol. The molecule has 0 fully saturated rings. The maximum atomic E-state index is 13.3. The number of ketones is 1. The number of hydrogen-bond donors (Lipinski definition) is 3. The lowest BCUT2D eigenvalue weighted by Gasteiger charge is -2.29. The topological polar surface area (TPSA) is 111 Å². The van der Waals surface area contributed by atoms with Crippen LogP contribution in [0.2, 0.25) is 0 Å². The van der Waals surface area contributed by atoms with Crippen LogP contribution >= 0.6 is 0 Å². The molecule has 0 spiro atoms. The third kappa shape index (κ3) is 8.52. The number of nitrogens with two attached hydrogens (primary N) is 2. The van der Waals surface area contributed by atoms with Gasteiger partial charge in [0.25, 0.3) is 0 Å². The monoisotopic (exact) mass is 490 g/mol. The normalized spacial score (nSPS) is 13.3. The minimum absolute atomic E-state index is 0.0377. The Labute approximate surface area is 214 Å². The van der Waals surface area contributed by atoms with Crippen LogP contribution in [-0.4, -0.2) is 67.0 Å². The highest BCUT2D eigenvalue weighted by Crippen LogP contribution is 2.15. The fourth-order valence-electron chi connectivity index (χ4n) is 4.42. The maximum absolute atomic E-state index is 13.3. The lowest BCUT2D eigenvalue weighted by atomic mass is 9.97. The van der Waals surface area contributed by atoms with Gasteiger partial charge in [-0.1, -0.05) is 48.5 Å². The molecule has 7 nitrogen and oxygen atoms in total. The van der Waals surface area contributed by atoms with E-state index in [2.05, 4.69) is 24.4 Å². The number of amides is 1. The molecule has 5 N–H and O–H groups in total. The number of fused-ring (bicyclic) bond motifs is 1. The van der Waals surface area contributed by atoms with Gasteiger partial charge in [0.15, 0.2) is 5.78 Å². The number of hydrogen-bond acceptors (Lipinski definition) is 5. The second-order valence-electron chi connectivity index (χ2n) is 10.2. The first kappa shape index (κ1) is 27.5. The number of pyridine rings is 1. The highest BCUT2D eigenvalue weighted by Gasteiger charge is 2.24. The molecule has 1 amide bonds. The van der Waals surface area contributed by atoms with E-state index in [1.165, 1.54) is 0 Å². The number of para-hydroxylation sites is 1. The third-order valence-corrected chi connectivity index (χ3v) is 6.64. The average molecular weight is 491 g/mol. The van der Waals surface area contributed by atoms with E-state index in [0.29, 0.717) is 25.8 Å². The molecule has 3 rings (SSSR count). The van der Waals surface area contributed by atoms with Crippen molar-refractivity contribution in [3.8, 4) is 0 Å². The summed E-state index contributed by atoms with van der Waals surface area (Å²) in [6.45, 7) is 2.39. The molecule has 0 unspecified atom stereocenters. The van der Waals surface area contributed by atoms with Crippen molar-refractivity contribution in [2.24, 2.45) is 11.5 Å². The van der Waals surface area contributed by atoms with Crippen LogP contribution in [0.25, 0.3) is 10.9 Å². The fraction of sp³-hybridized carbons (Fsp3) is 0.414. The first-order valence-electron chi connectivity index (χ1n) is 12.8. The molecule has 2 atom stereocenters. The number of aromatic nitrogens is 1. The van der Waals surface area contributed by atoms with Crippen LogP contribution in [0.4, 0.5) is 0 Å². The van der Waals surface area contributed by atoms with Crippen molar-refractivity contribution in [3.05, 3.63) is 78.0 Å². The van der Waals surface area contributed by atoms with Crippen LogP contribution in [0.3, 0.4) is 0 Å². The summed E-state index contributed by atoms with van der Waals surface area (Å²) >= 11 is 0. The van der Waals surface area contributed by atoms with Gasteiger partial charge in [-0.25, -0.2) is 0 Å². The van der Waals surface area contributed by atoms with Crippen LogP contribution in [0.1, 0.15) is 30.4 Å². The van der Waals surface area contributed by atoms with Gasteiger partial charge in [0.2, 0.25) is 5.91 Å². The van der Waals surface area contributed by atoms with Crippen molar-refractivity contribution < 1.29 is 14.1 Å². The van der Waals surface area contributed by atoms with Crippen LogP contribution in [0, 0.1) is 0 Å². The lowest BCUT2D eigenvalue weighted by Crippen LogP contribution is -2.49. The molecular formula is C29H40N5O2+. The van der Waals surface area contributed by atoms with Crippen LogP contribution in [-0.2, 0) is 22.4 Å². The summed E-state index contributed by atoms with van der Waals surface area (Å²) in [6, 6.07) is 18.5. The van der Waals surface area contributed by atoms with E-state index in [-0.39, 0.29) is 18.1 Å². The number of benzene rings is 2. The Bertz CT molecular complexity index is 1130. The SMILES string of the molecule is C[N+](C)(CCN)CCC[C@H](N)C(=O)N[C@H](CCc1ccccc1)C(=O)Cc1cnc2ccccc2c1. The van der Waals surface area contributed by atoms with E-state index in [9.17, 15) is 9.59 Å². The zero-order chi connectivity index (χ0) is 26.0. The molecule has 1 heterocycles. The summed E-state index contributed by atoms with van der Waals surface area (Å²) in [5.74, 6) is -0.313. The Morgan fingerprint density at radius 1 is 0.972 bits per heavy atom. The van der Waals surface area contributed by atoms with Gasteiger partial charge in [-0.15, -0.1) is 0 Å².